The third-order valence-electron chi connectivity index (χ3n) is 2.21. The van der Waals surface area contributed by atoms with E-state index in [1.54, 1.807) is 18.5 Å². The van der Waals surface area contributed by atoms with E-state index in [4.69, 9.17) is 6.42 Å². The highest BCUT2D eigenvalue weighted by atomic mass is 19.1. The molecule has 0 fully saturated rings. The molecule has 2 rings (SSSR count). The van der Waals surface area contributed by atoms with Gasteiger partial charge in [0.25, 0.3) is 0 Å². The van der Waals surface area contributed by atoms with Crippen LogP contribution in [0.15, 0.2) is 24.5 Å². The summed E-state index contributed by atoms with van der Waals surface area (Å²) in [6.07, 6.45) is 8.64. The van der Waals surface area contributed by atoms with Crippen molar-refractivity contribution in [2.75, 3.05) is 0 Å². The van der Waals surface area contributed by atoms with E-state index in [0.29, 0.717) is 5.56 Å². The molecule has 0 aliphatic carbocycles. The molecule has 2 heteroatoms. The first kappa shape index (κ1) is 8.71. The smallest absolute Gasteiger partial charge is 0.139 e. The Morgan fingerprint density at radius 3 is 2.86 bits per heavy atom. The second kappa shape index (κ2) is 3.12. The van der Waals surface area contributed by atoms with Crippen molar-refractivity contribution in [2.24, 2.45) is 0 Å². The highest BCUT2D eigenvalue weighted by Gasteiger charge is 2.07. The highest BCUT2D eigenvalue weighted by Crippen LogP contribution is 2.23. The van der Waals surface area contributed by atoms with E-state index in [-0.39, 0.29) is 5.82 Å². The zero-order chi connectivity index (χ0) is 10.1. The number of rotatable bonds is 0. The standard InChI is InChI=1S/C12H8FN/c1-3-10-11(13)5-4-9-7-14-6-8(2)12(9)10/h1,4-7H,2H3. The summed E-state index contributed by atoms with van der Waals surface area (Å²) in [5.41, 5.74) is 1.22. The second-order valence-corrected chi connectivity index (χ2v) is 3.12. The minimum absolute atomic E-state index is 0.322. The summed E-state index contributed by atoms with van der Waals surface area (Å²) in [5, 5.41) is 1.65. The van der Waals surface area contributed by atoms with Crippen LogP contribution in [0.4, 0.5) is 4.39 Å². The number of aryl methyl sites for hydroxylation is 1. The van der Waals surface area contributed by atoms with Crippen LogP contribution in [0.25, 0.3) is 10.8 Å². The van der Waals surface area contributed by atoms with E-state index < -0.39 is 0 Å². The fourth-order valence-corrected chi connectivity index (χ4v) is 1.56. The molecule has 0 spiro atoms. The predicted molar refractivity (Wildman–Crippen MR) is 54.4 cm³/mol. The Balaban J connectivity index is 3.01. The molecule has 0 N–H and O–H groups in total. The number of hydrogen-bond acceptors (Lipinski definition) is 1. The lowest BCUT2D eigenvalue weighted by Crippen LogP contribution is -1.90. The lowest BCUT2D eigenvalue weighted by Gasteiger charge is -2.04. The molecule has 0 bridgehead atoms. The maximum Gasteiger partial charge on any atom is 0.139 e. The average Bonchev–Trinajstić information content (AvgIpc) is 2.19. The van der Waals surface area contributed by atoms with Crippen LogP contribution in [0.1, 0.15) is 11.1 Å². The molecular formula is C12H8FN. The van der Waals surface area contributed by atoms with Crippen LogP contribution in [0.3, 0.4) is 0 Å². The molecule has 1 aromatic carbocycles. The minimum Gasteiger partial charge on any atom is -0.264 e. The van der Waals surface area contributed by atoms with Crippen LogP contribution in [0.5, 0.6) is 0 Å². The number of halogens is 1. The fourth-order valence-electron chi connectivity index (χ4n) is 1.56. The maximum absolute atomic E-state index is 13.3. The van der Waals surface area contributed by atoms with Crippen molar-refractivity contribution in [3.8, 4) is 12.3 Å². The van der Waals surface area contributed by atoms with Crippen molar-refractivity contribution in [2.45, 2.75) is 6.92 Å². The van der Waals surface area contributed by atoms with Gasteiger partial charge in [-0.15, -0.1) is 6.42 Å². The second-order valence-electron chi connectivity index (χ2n) is 3.12. The van der Waals surface area contributed by atoms with Crippen molar-refractivity contribution in [1.29, 1.82) is 0 Å². The lowest BCUT2D eigenvalue weighted by molar-refractivity contribution is 0.626. The first-order valence-electron chi connectivity index (χ1n) is 4.23. The van der Waals surface area contributed by atoms with Gasteiger partial charge in [-0.05, 0) is 24.6 Å². The van der Waals surface area contributed by atoms with Gasteiger partial charge in [0, 0.05) is 23.2 Å². The van der Waals surface area contributed by atoms with Crippen LogP contribution < -0.4 is 0 Å². The molecule has 0 unspecified atom stereocenters. The number of benzene rings is 1. The highest BCUT2D eigenvalue weighted by molar-refractivity contribution is 5.90. The minimum atomic E-state index is -0.352. The van der Waals surface area contributed by atoms with Crippen LogP contribution in [-0.2, 0) is 0 Å². The van der Waals surface area contributed by atoms with Gasteiger partial charge < -0.3 is 0 Å². The van der Waals surface area contributed by atoms with Crippen LogP contribution in [-0.4, -0.2) is 4.98 Å². The van der Waals surface area contributed by atoms with E-state index in [2.05, 4.69) is 10.9 Å². The molecular weight excluding hydrogens is 177 g/mol. The van der Waals surface area contributed by atoms with E-state index >= 15 is 0 Å². The number of terminal acetylenes is 1. The van der Waals surface area contributed by atoms with Gasteiger partial charge in [-0.3, -0.25) is 4.98 Å². The molecule has 68 valence electrons. The number of nitrogens with zero attached hydrogens (tertiary/aromatic N) is 1. The summed E-state index contributed by atoms with van der Waals surface area (Å²) in [5.74, 6) is 2.02. The van der Waals surface area contributed by atoms with E-state index in [9.17, 15) is 4.39 Å². The number of pyridine rings is 1. The third-order valence-corrected chi connectivity index (χ3v) is 2.21. The number of aromatic nitrogens is 1. The summed E-state index contributed by atoms with van der Waals surface area (Å²) < 4.78 is 13.3. The van der Waals surface area contributed by atoms with Crippen LogP contribution in [0.2, 0.25) is 0 Å². The van der Waals surface area contributed by atoms with Crippen molar-refractivity contribution < 1.29 is 4.39 Å². The summed E-state index contributed by atoms with van der Waals surface area (Å²) in [6, 6.07) is 3.06. The van der Waals surface area contributed by atoms with Gasteiger partial charge >= 0.3 is 0 Å². The van der Waals surface area contributed by atoms with Crippen molar-refractivity contribution in [1.82, 2.24) is 4.98 Å². The predicted octanol–water partition coefficient (Wildman–Crippen LogP) is 2.66. The largest absolute Gasteiger partial charge is 0.264 e. The maximum atomic E-state index is 13.3. The van der Waals surface area contributed by atoms with Gasteiger partial charge in [0.2, 0.25) is 0 Å². The molecule has 1 aromatic heterocycles. The zero-order valence-corrected chi connectivity index (χ0v) is 7.71. The molecule has 0 radical (unpaired) electrons. The Bertz CT molecular complexity index is 538. The Kier molecular flexibility index (Phi) is 1.94. The monoisotopic (exact) mass is 185 g/mol. The van der Waals surface area contributed by atoms with Crippen LogP contribution in [0, 0.1) is 25.1 Å². The topological polar surface area (TPSA) is 12.9 Å². The molecule has 2 aromatic rings. The zero-order valence-electron chi connectivity index (χ0n) is 7.71. The summed E-state index contributed by atoms with van der Waals surface area (Å²) in [7, 11) is 0. The quantitative estimate of drug-likeness (QED) is 0.575. The Hall–Kier alpha value is -1.88. The molecule has 0 atom stereocenters. The van der Waals surface area contributed by atoms with Gasteiger partial charge in [-0.2, -0.15) is 0 Å². The molecule has 0 aliphatic rings. The van der Waals surface area contributed by atoms with E-state index in [1.165, 1.54) is 6.07 Å². The Morgan fingerprint density at radius 2 is 2.14 bits per heavy atom. The number of hydrogen-bond donors (Lipinski definition) is 0. The van der Waals surface area contributed by atoms with Gasteiger partial charge in [-0.25, -0.2) is 4.39 Å². The fraction of sp³-hybridized carbons (Fsp3) is 0.0833. The average molecular weight is 185 g/mol. The van der Waals surface area contributed by atoms with Gasteiger partial charge in [-0.1, -0.05) is 5.92 Å². The van der Waals surface area contributed by atoms with E-state index in [0.717, 1.165) is 16.3 Å². The SMILES string of the molecule is C#Cc1c(F)ccc2cncc(C)c12. The molecule has 1 nitrogen and oxygen atoms in total. The normalized spacial score (nSPS) is 10.1. The first-order valence-corrected chi connectivity index (χ1v) is 4.23. The summed E-state index contributed by atoms with van der Waals surface area (Å²) in [6.45, 7) is 1.87. The first-order chi connectivity index (χ1) is 6.74. The van der Waals surface area contributed by atoms with Crippen molar-refractivity contribution >= 4 is 10.8 Å². The van der Waals surface area contributed by atoms with Crippen molar-refractivity contribution in [3.63, 3.8) is 0 Å². The molecule has 1 heterocycles. The molecule has 0 saturated heterocycles. The Labute approximate surface area is 81.6 Å². The summed E-state index contributed by atoms with van der Waals surface area (Å²) in [4.78, 5) is 4.03. The summed E-state index contributed by atoms with van der Waals surface area (Å²) >= 11 is 0. The van der Waals surface area contributed by atoms with E-state index in [1.807, 2.05) is 6.92 Å². The molecule has 0 aliphatic heterocycles. The van der Waals surface area contributed by atoms with Gasteiger partial charge in [0.15, 0.2) is 0 Å². The molecule has 14 heavy (non-hydrogen) atoms. The Morgan fingerprint density at radius 1 is 1.36 bits per heavy atom. The van der Waals surface area contributed by atoms with Gasteiger partial charge in [0.05, 0.1) is 5.56 Å². The molecule has 0 saturated carbocycles. The third kappa shape index (κ3) is 1.14. The van der Waals surface area contributed by atoms with Gasteiger partial charge in [0.1, 0.15) is 5.82 Å². The van der Waals surface area contributed by atoms with Crippen molar-refractivity contribution in [3.05, 3.63) is 41.5 Å². The molecule has 0 amide bonds. The van der Waals surface area contributed by atoms with Crippen LogP contribution >= 0.6 is 0 Å². The lowest BCUT2D eigenvalue weighted by atomic mass is 10.0. The number of fused-ring (bicyclic) bond motifs is 1.